The van der Waals surface area contributed by atoms with Gasteiger partial charge in [-0.2, -0.15) is 13.2 Å². The van der Waals surface area contributed by atoms with E-state index in [0.29, 0.717) is 0 Å². The second kappa shape index (κ2) is 5.34. The number of rotatable bonds is 3. The van der Waals surface area contributed by atoms with Crippen molar-refractivity contribution in [3.63, 3.8) is 0 Å². The van der Waals surface area contributed by atoms with Crippen molar-refractivity contribution < 1.29 is 17.9 Å². The van der Waals surface area contributed by atoms with Crippen LogP contribution in [0.1, 0.15) is 19.3 Å². The molecule has 0 unspecified atom stereocenters. The van der Waals surface area contributed by atoms with Crippen LogP contribution in [0.3, 0.4) is 0 Å². The number of hydrogen-bond acceptors (Lipinski definition) is 2. The van der Waals surface area contributed by atoms with Crippen LogP contribution in [0.2, 0.25) is 0 Å². The van der Waals surface area contributed by atoms with E-state index in [2.05, 4.69) is 4.74 Å². The van der Waals surface area contributed by atoms with E-state index in [1.807, 2.05) is 0 Å². The minimum absolute atomic E-state index is 0.152. The number of nitrogens with zero attached hydrogens (tertiary/aromatic N) is 1. The van der Waals surface area contributed by atoms with E-state index in [1.165, 1.54) is 0 Å². The van der Waals surface area contributed by atoms with Crippen molar-refractivity contribution in [2.75, 3.05) is 26.3 Å². The van der Waals surface area contributed by atoms with Gasteiger partial charge in [-0.25, -0.2) is 0 Å². The predicted molar refractivity (Wildman–Crippen MR) is 50.0 cm³/mol. The molecule has 15 heavy (non-hydrogen) atoms. The Morgan fingerprint density at radius 1 is 1.20 bits per heavy atom. The Morgan fingerprint density at radius 2 is 1.80 bits per heavy atom. The summed E-state index contributed by atoms with van der Waals surface area (Å²) in [6, 6.07) is 0. The number of ether oxygens (including phenoxy) is 1. The zero-order chi connectivity index (χ0) is 11.3. The molecule has 0 bridgehead atoms. The van der Waals surface area contributed by atoms with Crippen LogP contribution in [0.4, 0.5) is 13.2 Å². The molecule has 0 radical (unpaired) electrons. The van der Waals surface area contributed by atoms with Gasteiger partial charge >= 0.3 is 6.18 Å². The molecule has 6 heteroatoms. The first-order valence-electron chi connectivity index (χ1n) is 4.96. The number of amidine groups is 1. The molecule has 0 aromatic rings. The number of nitrogens with one attached hydrogen (secondary N) is 1. The Labute approximate surface area is 86.7 Å². The highest BCUT2D eigenvalue weighted by atomic mass is 19.4. The second-order valence-corrected chi connectivity index (χ2v) is 3.60. The molecule has 1 aliphatic rings. The van der Waals surface area contributed by atoms with E-state index in [-0.39, 0.29) is 12.4 Å². The third kappa shape index (κ3) is 5.01. The summed E-state index contributed by atoms with van der Waals surface area (Å²) in [7, 11) is 0. The monoisotopic (exact) mass is 224 g/mol. The van der Waals surface area contributed by atoms with E-state index < -0.39 is 12.8 Å². The average Bonchev–Trinajstić information content (AvgIpc) is 2.17. The molecule has 0 aromatic heterocycles. The predicted octanol–water partition coefficient (Wildman–Crippen LogP) is 2.03. The zero-order valence-electron chi connectivity index (χ0n) is 8.44. The highest BCUT2D eigenvalue weighted by Crippen LogP contribution is 2.15. The SMILES string of the molecule is N=C(COCC(F)(F)F)N1CCCCC1. The number of alkyl halides is 3. The van der Waals surface area contributed by atoms with E-state index in [0.717, 1.165) is 32.4 Å². The minimum Gasteiger partial charge on any atom is -0.364 e. The van der Waals surface area contributed by atoms with Gasteiger partial charge in [0.25, 0.3) is 0 Å². The van der Waals surface area contributed by atoms with Crippen molar-refractivity contribution in [1.29, 1.82) is 5.41 Å². The average molecular weight is 224 g/mol. The normalized spacial score (nSPS) is 17.9. The van der Waals surface area contributed by atoms with Gasteiger partial charge in [-0.15, -0.1) is 0 Å². The molecule has 0 saturated carbocycles. The Hall–Kier alpha value is -0.780. The Balaban J connectivity index is 2.17. The summed E-state index contributed by atoms with van der Waals surface area (Å²) in [5.41, 5.74) is 0. The van der Waals surface area contributed by atoms with Gasteiger partial charge in [0.05, 0.1) is 0 Å². The molecule has 0 aromatic carbocycles. The van der Waals surface area contributed by atoms with E-state index in [4.69, 9.17) is 5.41 Å². The van der Waals surface area contributed by atoms with Crippen LogP contribution < -0.4 is 0 Å². The van der Waals surface area contributed by atoms with Crippen LogP contribution in [0.25, 0.3) is 0 Å². The Kier molecular flexibility index (Phi) is 4.38. The smallest absolute Gasteiger partial charge is 0.364 e. The van der Waals surface area contributed by atoms with Crippen LogP contribution in [0.15, 0.2) is 0 Å². The molecule has 0 spiro atoms. The second-order valence-electron chi connectivity index (χ2n) is 3.60. The van der Waals surface area contributed by atoms with E-state index in [9.17, 15) is 13.2 Å². The molecule has 3 nitrogen and oxygen atoms in total. The largest absolute Gasteiger partial charge is 0.411 e. The highest BCUT2D eigenvalue weighted by molar-refractivity contribution is 5.80. The summed E-state index contributed by atoms with van der Waals surface area (Å²) in [6.07, 6.45) is -1.17. The molecule has 0 aliphatic carbocycles. The molecule has 1 saturated heterocycles. The van der Waals surface area contributed by atoms with Crippen LogP contribution in [-0.2, 0) is 4.74 Å². The van der Waals surface area contributed by atoms with Crippen molar-refractivity contribution in [2.45, 2.75) is 25.4 Å². The van der Waals surface area contributed by atoms with Crippen molar-refractivity contribution in [1.82, 2.24) is 4.90 Å². The Bertz CT molecular complexity index is 212. The molecule has 1 N–H and O–H groups in total. The number of piperidine rings is 1. The standard InChI is InChI=1S/C9H15F3N2O/c10-9(11,12)7-15-6-8(13)14-4-2-1-3-5-14/h13H,1-7H2. The van der Waals surface area contributed by atoms with Crippen molar-refractivity contribution in [3.05, 3.63) is 0 Å². The molecular formula is C9H15F3N2O. The van der Waals surface area contributed by atoms with Gasteiger partial charge in [0.1, 0.15) is 19.0 Å². The molecule has 1 fully saturated rings. The quantitative estimate of drug-likeness (QED) is 0.588. The van der Waals surface area contributed by atoms with E-state index in [1.54, 1.807) is 4.90 Å². The lowest BCUT2D eigenvalue weighted by Gasteiger charge is -2.28. The Morgan fingerprint density at radius 3 is 2.33 bits per heavy atom. The maximum absolute atomic E-state index is 11.7. The first-order valence-corrected chi connectivity index (χ1v) is 4.96. The topological polar surface area (TPSA) is 36.3 Å². The van der Waals surface area contributed by atoms with Crippen LogP contribution in [0.5, 0.6) is 0 Å². The van der Waals surface area contributed by atoms with Crippen LogP contribution >= 0.6 is 0 Å². The third-order valence-electron chi connectivity index (χ3n) is 2.24. The fraction of sp³-hybridized carbons (Fsp3) is 0.889. The lowest BCUT2D eigenvalue weighted by Crippen LogP contribution is -2.38. The van der Waals surface area contributed by atoms with E-state index >= 15 is 0 Å². The summed E-state index contributed by atoms with van der Waals surface area (Å²) in [5.74, 6) is 0.152. The van der Waals surface area contributed by atoms with Gasteiger partial charge in [-0.3, -0.25) is 5.41 Å². The fourth-order valence-corrected chi connectivity index (χ4v) is 1.52. The molecule has 1 rings (SSSR count). The zero-order valence-corrected chi connectivity index (χ0v) is 8.44. The van der Waals surface area contributed by atoms with Crippen LogP contribution in [0, 0.1) is 5.41 Å². The minimum atomic E-state index is -4.30. The molecule has 0 amide bonds. The summed E-state index contributed by atoms with van der Waals surface area (Å²) < 4.78 is 39.6. The number of halogens is 3. The van der Waals surface area contributed by atoms with Crippen LogP contribution in [-0.4, -0.2) is 43.2 Å². The van der Waals surface area contributed by atoms with Gasteiger partial charge in [0.15, 0.2) is 0 Å². The van der Waals surface area contributed by atoms with Gasteiger partial charge in [-0.05, 0) is 19.3 Å². The van der Waals surface area contributed by atoms with Gasteiger partial charge in [0, 0.05) is 13.1 Å². The molecule has 1 aliphatic heterocycles. The lowest BCUT2D eigenvalue weighted by atomic mass is 10.1. The summed E-state index contributed by atoms with van der Waals surface area (Å²) in [4.78, 5) is 1.78. The van der Waals surface area contributed by atoms with Gasteiger partial charge in [0.2, 0.25) is 0 Å². The number of likely N-dealkylation sites (tertiary alicyclic amines) is 1. The maximum Gasteiger partial charge on any atom is 0.411 e. The highest BCUT2D eigenvalue weighted by Gasteiger charge is 2.27. The third-order valence-corrected chi connectivity index (χ3v) is 2.24. The van der Waals surface area contributed by atoms with Crippen molar-refractivity contribution in [3.8, 4) is 0 Å². The first-order chi connectivity index (χ1) is 6.99. The lowest BCUT2D eigenvalue weighted by molar-refractivity contribution is -0.170. The molecular weight excluding hydrogens is 209 g/mol. The molecule has 0 atom stereocenters. The first kappa shape index (κ1) is 12.3. The maximum atomic E-state index is 11.7. The molecule has 1 heterocycles. The van der Waals surface area contributed by atoms with Gasteiger partial charge in [-0.1, -0.05) is 0 Å². The summed E-state index contributed by atoms with van der Waals surface area (Å²) >= 11 is 0. The fourth-order valence-electron chi connectivity index (χ4n) is 1.52. The van der Waals surface area contributed by atoms with Crippen molar-refractivity contribution in [2.24, 2.45) is 0 Å². The van der Waals surface area contributed by atoms with Crippen molar-refractivity contribution >= 4 is 5.84 Å². The summed E-state index contributed by atoms with van der Waals surface area (Å²) in [5, 5.41) is 7.52. The molecule has 88 valence electrons. The number of hydrogen-bond donors (Lipinski definition) is 1. The van der Waals surface area contributed by atoms with Gasteiger partial charge < -0.3 is 9.64 Å². The summed E-state index contributed by atoms with van der Waals surface area (Å²) in [6.45, 7) is -0.00878.